The van der Waals surface area contributed by atoms with Crippen molar-refractivity contribution in [2.45, 2.75) is 33.6 Å². The number of hydrogen-bond donors (Lipinski definition) is 1. The van der Waals surface area contributed by atoms with Gasteiger partial charge in [-0.2, -0.15) is 0 Å². The first-order valence-electron chi connectivity index (χ1n) is 7.11. The summed E-state index contributed by atoms with van der Waals surface area (Å²) in [5.74, 6) is 0.0219. The van der Waals surface area contributed by atoms with E-state index in [4.69, 9.17) is 4.74 Å². The van der Waals surface area contributed by atoms with Crippen molar-refractivity contribution in [2.24, 2.45) is 5.92 Å². The molecule has 1 rings (SSSR count). The van der Waals surface area contributed by atoms with Crippen molar-refractivity contribution in [3.8, 4) is 0 Å². The quantitative estimate of drug-likeness (QED) is 0.749. The molecule has 0 aliphatic rings. The average Bonchev–Trinajstić information content (AvgIpc) is 2.43. The molecular formula is C15H23NO4S. The van der Waals surface area contributed by atoms with Gasteiger partial charge in [-0.05, 0) is 43.0 Å². The van der Waals surface area contributed by atoms with E-state index in [1.54, 1.807) is 24.3 Å². The second-order valence-corrected chi connectivity index (χ2v) is 7.16. The Morgan fingerprint density at radius 3 is 2.38 bits per heavy atom. The lowest BCUT2D eigenvalue weighted by atomic mass is 10.2. The summed E-state index contributed by atoms with van der Waals surface area (Å²) in [5.41, 5.74) is 0.861. The smallest absolute Gasteiger partial charge is 0.338 e. The Morgan fingerprint density at radius 2 is 1.86 bits per heavy atom. The molecule has 0 aromatic heterocycles. The molecule has 0 bridgehead atoms. The number of sulfonamides is 1. The first-order chi connectivity index (χ1) is 9.84. The summed E-state index contributed by atoms with van der Waals surface area (Å²) >= 11 is 0. The van der Waals surface area contributed by atoms with Crippen LogP contribution in [0.5, 0.6) is 0 Å². The summed E-state index contributed by atoms with van der Waals surface area (Å²) in [7, 11) is -3.34. The van der Waals surface area contributed by atoms with Gasteiger partial charge in [0.1, 0.15) is 0 Å². The van der Waals surface area contributed by atoms with Crippen LogP contribution < -0.4 is 4.72 Å². The molecule has 0 saturated carbocycles. The molecule has 0 unspecified atom stereocenters. The van der Waals surface area contributed by atoms with Crippen LogP contribution in [0.4, 0.5) is 5.69 Å². The maximum absolute atomic E-state index is 11.9. The molecule has 1 N–H and O–H groups in total. The molecule has 0 radical (unpaired) electrons. The van der Waals surface area contributed by atoms with E-state index in [1.807, 2.05) is 20.8 Å². The summed E-state index contributed by atoms with van der Waals surface area (Å²) in [4.78, 5) is 11.6. The van der Waals surface area contributed by atoms with E-state index < -0.39 is 16.0 Å². The third kappa shape index (κ3) is 6.62. The highest BCUT2D eigenvalue weighted by Gasteiger charge is 2.12. The van der Waals surface area contributed by atoms with Crippen LogP contribution in [0.2, 0.25) is 0 Å². The number of rotatable bonds is 8. The number of hydrogen-bond acceptors (Lipinski definition) is 4. The molecule has 0 aliphatic heterocycles. The molecule has 118 valence electrons. The van der Waals surface area contributed by atoms with E-state index in [1.165, 1.54) is 0 Å². The number of carbonyl (C=O) groups is 1. The number of ether oxygens (including phenoxy) is 1. The fraction of sp³-hybridized carbons (Fsp3) is 0.533. The average molecular weight is 313 g/mol. The molecule has 0 atom stereocenters. The first-order valence-corrected chi connectivity index (χ1v) is 8.77. The standard InChI is InChI=1S/C15H23NO4S/c1-4-10-20-15(17)13-5-7-14(8-6-13)16-21(18,19)11-9-12(2)3/h5-8,12,16H,4,9-11H2,1-3H3. The Bertz CT molecular complexity index is 550. The minimum absolute atomic E-state index is 0.0883. The lowest BCUT2D eigenvalue weighted by molar-refractivity contribution is 0.0505. The highest BCUT2D eigenvalue weighted by Crippen LogP contribution is 2.13. The molecule has 1 aromatic rings. The molecule has 21 heavy (non-hydrogen) atoms. The van der Waals surface area contributed by atoms with Crippen molar-refractivity contribution in [1.82, 2.24) is 0 Å². The Morgan fingerprint density at radius 1 is 1.24 bits per heavy atom. The summed E-state index contributed by atoms with van der Waals surface area (Å²) < 4.78 is 31.2. The summed E-state index contributed by atoms with van der Waals surface area (Å²) in [5, 5.41) is 0. The highest BCUT2D eigenvalue weighted by atomic mass is 32.2. The van der Waals surface area contributed by atoms with Crippen molar-refractivity contribution in [1.29, 1.82) is 0 Å². The van der Waals surface area contributed by atoms with Crippen molar-refractivity contribution in [3.05, 3.63) is 29.8 Å². The zero-order chi connectivity index (χ0) is 15.9. The van der Waals surface area contributed by atoms with Gasteiger partial charge < -0.3 is 4.74 Å². The van der Waals surface area contributed by atoms with E-state index in [-0.39, 0.29) is 5.75 Å². The fourth-order valence-corrected chi connectivity index (χ4v) is 2.95. The van der Waals surface area contributed by atoms with E-state index >= 15 is 0 Å². The molecule has 6 heteroatoms. The minimum Gasteiger partial charge on any atom is -0.462 e. The van der Waals surface area contributed by atoms with Gasteiger partial charge in [-0.3, -0.25) is 4.72 Å². The van der Waals surface area contributed by atoms with Gasteiger partial charge >= 0.3 is 5.97 Å². The normalized spacial score (nSPS) is 11.4. The van der Waals surface area contributed by atoms with Crippen LogP contribution in [-0.2, 0) is 14.8 Å². The van der Waals surface area contributed by atoms with Gasteiger partial charge in [0, 0.05) is 5.69 Å². The Hall–Kier alpha value is -1.56. The van der Waals surface area contributed by atoms with Gasteiger partial charge in [0.25, 0.3) is 0 Å². The van der Waals surface area contributed by atoms with Gasteiger partial charge in [-0.25, -0.2) is 13.2 Å². The zero-order valence-corrected chi connectivity index (χ0v) is 13.6. The number of benzene rings is 1. The predicted octanol–water partition coefficient (Wildman–Crippen LogP) is 3.04. The number of anilines is 1. The monoisotopic (exact) mass is 313 g/mol. The van der Waals surface area contributed by atoms with Crippen LogP contribution in [-0.4, -0.2) is 26.7 Å². The molecule has 0 spiro atoms. The van der Waals surface area contributed by atoms with Crippen molar-refractivity contribution < 1.29 is 17.9 Å². The van der Waals surface area contributed by atoms with E-state index in [0.29, 0.717) is 30.2 Å². The number of nitrogens with one attached hydrogen (secondary N) is 1. The fourth-order valence-electron chi connectivity index (χ4n) is 1.57. The summed E-state index contributed by atoms with van der Waals surface area (Å²) in [6.45, 7) is 6.25. The summed E-state index contributed by atoms with van der Waals surface area (Å²) in [6, 6.07) is 6.24. The van der Waals surface area contributed by atoms with Crippen LogP contribution in [0, 0.1) is 5.92 Å². The third-order valence-electron chi connectivity index (χ3n) is 2.80. The molecular weight excluding hydrogens is 290 g/mol. The largest absolute Gasteiger partial charge is 0.462 e. The van der Waals surface area contributed by atoms with Crippen LogP contribution in [0.25, 0.3) is 0 Å². The Balaban J connectivity index is 2.64. The predicted molar refractivity (Wildman–Crippen MR) is 83.9 cm³/mol. The van der Waals surface area contributed by atoms with Crippen molar-refractivity contribution in [3.63, 3.8) is 0 Å². The number of carbonyl (C=O) groups excluding carboxylic acids is 1. The van der Waals surface area contributed by atoms with Crippen LogP contribution in [0.1, 0.15) is 44.0 Å². The maximum atomic E-state index is 11.9. The van der Waals surface area contributed by atoms with E-state index in [0.717, 1.165) is 6.42 Å². The second-order valence-electron chi connectivity index (χ2n) is 5.32. The maximum Gasteiger partial charge on any atom is 0.338 e. The van der Waals surface area contributed by atoms with Crippen LogP contribution in [0.15, 0.2) is 24.3 Å². The lowest BCUT2D eigenvalue weighted by Gasteiger charge is -2.10. The molecule has 1 aromatic carbocycles. The van der Waals surface area contributed by atoms with Gasteiger partial charge in [0.2, 0.25) is 10.0 Å². The Kier molecular flexibility index (Phi) is 6.68. The molecule has 0 amide bonds. The van der Waals surface area contributed by atoms with Crippen LogP contribution >= 0.6 is 0 Å². The first kappa shape index (κ1) is 17.5. The lowest BCUT2D eigenvalue weighted by Crippen LogP contribution is -2.18. The Labute approximate surface area is 126 Å². The van der Waals surface area contributed by atoms with Crippen molar-refractivity contribution >= 4 is 21.7 Å². The van der Waals surface area contributed by atoms with E-state index in [2.05, 4.69) is 4.72 Å². The van der Waals surface area contributed by atoms with Crippen LogP contribution in [0.3, 0.4) is 0 Å². The molecule has 0 saturated heterocycles. The summed E-state index contributed by atoms with van der Waals surface area (Å²) in [6.07, 6.45) is 1.37. The molecule has 0 fully saturated rings. The SMILES string of the molecule is CCCOC(=O)c1ccc(NS(=O)(=O)CCC(C)C)cc1. The second kappa shape index (κ2) is 8.02. The van der Waals surface area contributed by atoms with E-state index in [9.17, 15) is 13.2 Å². The molecule has 5 nitrogen and oxygen atoms in total. The third-order valence-corrected chi connectivity index (χ3v) is 4.12. The highest BCUT2D eigenvalue weighted by molar-refractivity contribution is 7.92. The number of esters is 1. The van der Waals surface area contributed by atoms with Gasteiger partial charge in [-0.15, -0.1) is 0 Å². The van der Waals surface area contributed by atoms with Crippen molar-refractivity contribution in [2.75, 3.05) is 17.1 Å². The minimum atomic E-state index is -3.34. The molecule has 0 heterocycles. The van der Waals surface area contributed by atoms with Gasteiger partial charge in [-0.1, -0.05) is 20.8 Å². The zero-order valence-electron chi connectivity index (χ0n) is 12.8. The van der Waals surface area contributed by atoms with Gasteiger partial charge in [0.15, 0.2) is 0 Å². The van der Waals surface area contributed by atoms with Gasteiger partial charge in [0.05, 0.1) is 17.9 Å². The molecule has 0 aliphatic carbocycles. The topological polar surface area (TPSA) is 72.5 Å².